The molecular weight excluding hydrogens is 270 g/mol. The smallest absolute Gasteiger partial charge is 0.230 e. The van der Waals surface area contributed by atoms with Gasteiger partial charge in [-0.05, 0) is 6.92 Å². The predicted octanol–water partition coefficient (Wildman–Crippen LogP) is 2.36. The van der Waals surface area contributed by atoms with Crippen LogP contribution in [0.25, 0.3) is 11.2 Å². The van der Waals surface area contributed by atoms with Gasteiger partial charge in [-0.3, -0.25) is 4.79 Å². The summed E-state index contributed by atoms with van der Waals surface area (Å²) in [7, 11) is 0. The van der Waals surface area contributed by atoms with E-state index in [-0.39, 0.29) is 11.0 Å². The molecule has 2 heterocycles. The molecule has 4 nitrogen and oxygen atoms in total. The van der Waals surface area contributed by atoms with E-state index in [1.165, 1.54) is 12.3 Å². The van der Waals surface area contributed by atoms with Gasteiger partial charge in [0.25, 0.3) is 0 Å². The average molecular weight is 285 g/mol. The van der Waals surface area contributed by atoms with Crippen molar-refractivity contribution < 1.29 is 8.83 Å². The Balaban J connectivity index is 2.49. The third kappa shape index (κ3) is 2.54. The van der Waals surface area contributed by atoms with Gasteiger partial charge in [0.1, 0.15) is 0 Å². The molecule has 0 unspecified atom stereocenters. The van der Waals surface area contributed by atoms with Crippen molar-refractivity contribution in [3.8, 4) is 0 Å². The largest absolute Gasteiger partial charge is 0.456 e. The fourth-order valence-corrected chi connectivity index (χ4v) is 2.25. The topological polar surface area (TPSA) is 46.6 Å². The summed E-state index contributed by atoms with van der Waals surface area (Å²) in [5.41, 5.74) is 1.44. The fraction of sp³-hybridized carbons (Fsp3) is 0.417. The Hall–Kier alpha value is -1.01. The maximum atomic E-state index is 11.9. The van der Waals surface area contributed by atoms with Gasteiger partial charge in [-0.1, -0.05) is 0 Å². The van der Waals surface area contributed by atoms with Crippen LogP contribution in [0, 0.1) is 6.92 Å². The highest BCUT2D eigenvalue weighted by Crippen LogP contribution is 2.23. The maximum Gasteiger partial charge on any atom is 0.230 e. The molecule has 0 aliphatic rings. The highest BCUT2D eigenvalue weighted by atomic mass is 32.1. The first-order valence-electron chi connectivity index (χ1n) is 5.66. The van der Waals surface area contributed by atoms with Gasteiger partial charge in [0, 0.05) is 30.2 Å². The third-order valence-corrected chi connectivity index (χ3v) is 3.05. The third-order valence-electron chi connectivity index (χ3n) is 2.65. The lowest BCUT2D eigenvalue weighted by molar-refractivity contribution is 0.564. The van der Waals surface area contributed by atoms with Crippen molar-refractivity contribution in [3.63, 3.8) is 0 Å². The van der Waals surface area contributed by atoms with E-state index < -0.39 is 0 Å². The molecule has 6 heteroatoms. The summed E-state index contributed by atoms with van der Waals surface area (Å²) >= 11 is 8.41. The zero-order chi connectivity index (χ0) is 13.1. The lowest BCUT2D eigenvalue weighted by atomic mass is 10.3. The summed E-state index contributed by atoms with van der Waals surface area (Å²) in [5.74, 6) is 1.90. The molecule has 0 bridgehead atoms. The van der Waals surface area contributed by atoms with E-state index >= 15 is 0 Å². The number of nitrogens with zero attached hydrogens (tertiary/aromatic N) is 1. The van der Waals surface area contributed by atoms with E-state index in [0.29, 0.717) is 36.1 Å². The summed E-state index contributed by atoms with van der Waals surface area (Å²) < 4.78 is 10.9. The molecule has 0 aliphatic carbocycles. The van der Waals surface area contributed by atoms with E-state index in [1.54, 1.807) is 0 Å². The summed E-state index contributed by atoms with van der Waals surface area (Å²) in [6.45, 7) is 3.25. The lowest BCUT2D eigenvalue weighted by Gasteiger charge is -2.21. The summed E-state index contributed by atoms with van der Waals surface area (Å²) in [4.78, 5) is 13.9. The molecule has 0 fully saturated rings. The minimum Gasteiger partial charge on any atom is -0.456 e. The van der Waals surface area contributed by atoms with Crippen LogP contribution in [0.2, 0.25) is 0 Å². The molecule has 0 atom stereocenters. The highest BCUT2D eigenvalue weighted by Gasteiger charge is 2.14. The molecule has 0 saturated heterocycles. The van der Waals surface area contributed by atoms with E-state index in [9.17, 15) is 4.79 Å². The molecule has 18 heavy (non-hydrogen) atoms. The van der Waals surface area contributed by atoms with Crippen LogP contribution in [0.5, 0.6) is 0 Å². The van der Waals surface area contributed by atoms with Gasteiger partial charge >= 0.3 is 0 Å². The van der Waals surface area contributed by atoms with Crippen molar-refractivity contribution >= 4 is 42.3 Å². The van der Waals surface area contributed by atoms with Gasteiger partial charge in [-0.2, -0.15) is 25.3 Å². The van der Waals surface area contributed by atoms with Gasteiger partial charge in [0.05, 0.1) is 12.3 Å². The second kappa shape index (κ2) is 5.75. The molecule has 2 aromatic heterocycles. The number of furan rings is 1. The first-order valence-corrected chi connectivity index (χ1v) is 6.92. The zero-order valence-corrected chi connectivity index (χ0v) is 11.8. The van der Waals surface area contributed by atoms with Crippen LogP contribution in [-0.4, -0.2) is 24.6 Å². The van der Waals surface area contributed by atoms with Crippen LogP contribution in [0.3, 0.4) is 0 Å². The number of fused-ring (bicyclic) bond motifs is 1. The van der Waals surface area contributed by atoms with E-state index in [4.69, 9.17) is 8.83 Å². The average Bonchev–Trinajstić information content (AvgIpc) is 2.72. The van der Waals surface area contributed by atoms with Gasteiger partial charge in [0.2, 0.25) is 11.0 Å². The first kappa shape index (κ1) is 13.4. The van der Waals surface area contributed by atoms with E-state index in [0.717, 1.165) is 5.56 Å². The molecule has 98 valence electrons. The van der Waals surface area contributed by atoms with Gasteiger partial charge in [-0.15, -0.1) is 0 Å². The van der Waals surface area contributed by atoms with Gasteiger partial charge in [-0.25, -0.2) is 0 Å². The Morgan fingerprint density at radius 1 is 1.22 bits per heavy atom. The SMILES string of the molecule is Cc1coc2c(=O)cc(N(CCS)CCS)oc12. The molecule has 0 aliphatic heterocycles. The molecule has 2 rings (SSSR count). The minimum absolute atomic E-state index is 0.164. The number of rotatable bonds is 5. The number of hydrogen-bond acceptors (Lipinski definition) is 6. The Morgan fingerprint density at radius 3 is 2.50 bits per heavy atom. The number of hydrogen-bond donors (Lipinski definition) is 2. The van der Waals surface area contributed by atoms with Crippen molar-refractivity contribution in [2.75, 3.05) is 29.5 Å². The Kier molecular flexibility index (Phi) is 4.29. The van der Waals surface area contributed by atoms with Crippen LogP contribution in [0.1, 0.15) is 5.56 Å². The summed E-state index contributed by atoms with van der Waals surface area (Å²) in [5, 5.41) is 0. The van der Waals surface area contributed by atoms with Crippen molar-refractivity contribution in [1.82, 2.24) is 0 Å². The molecule has 2 aromatic rings. The van der Waals surface area contributed by atoms with Gasteiger partial charge < -0.3 is 13.7 Å². The standard InChI is InChI=1S/C12H15NO3S2/c1-8-7-15-12-9(14)6-10(16-11(8)12)13(2-4-17)3-5-18/h6-7,17-18H,2-5H2,1H3. The molecule has 0 amide bonds. The van der Waals surface area contributed by atoms with E-state index in [2.05, 4.69) is 25.3 Å². The van der Waals surface area contributed by atoms with Crippen LogP contribution in [-0.2, 0) is 0 Å². The highest BCUT2D eigenvalue weighted by molar-refractivity contribution is 7.80. The molecular formula is C12H15NO3S2. The van der Waals surface area contributed by atoms with Gasteiger partial charge in [0.15, 0.2) is 11.5 Å². The number of thiol groups is 2. The fourth-order valence-electron chi connectivity index (χ4n) is 1.77. The number of aryl methyl sites for hydroxylation is 1. The van der Waals surface area contributed by atoms with Crippen LogP contribution in [0.15, 0.2) is 26.0 Å². The van der Waals surface area contributed by atoms with Crippen LogP contribution in [0.4, 0.5) is 5.88 Å². The van der Waals surface area contributed by atoms with Crippen molar-refractivity contribution in [1.29, 1.82) is 0 Å². The minimum atomic E-state index is -0.164. The second-order valence-corrected chi connectivity index (χ2v) is 4.85. The zero-order valence-electron chi connectivity index (χ0n) is 10.0. The summed E-state index contributed by atoms with van der Waals surface area (Å²) in [6, 6.07) is 1.46. The monoisotopic (exact) mass is 285 g/mol. The lowest BCUT2D eigenvalue weighted by Crippen LogP contribution is -2.28. The molecule has 0 radical (unpaired) electrons. The molecule has 0 saturated carbocycles. The normalized spacial score (nSPS) is 11.1. The van der Waals surface area contributed by atoms with Crippen molar-refractivity contribution in [3.05, 3.63) is 28.1 Å². The Bertz CT molecular complexity index is 585. The van der Waals surface area contributed by atoms with Crippen molar-refractivity contribution in [2.45, 2.75) is 6.92 Å². The Labute approximate surface area is 116 Å². The second-order valence-electron chi connectivity index (χ2n) is 3.96. The van der Waals surface area contributed by atoms with Crippen LogP contribution < -0.4 is 10.3 Å². The van der Waals surface area contributed by atoms with Crippen LogP contribution >= 0.6 is 25.3 Å². The van der Waals surface area contributed by atoms with E-state index in [1.807, 2.05) is 11.8 Å². The molecule has 0 spiro atoms. The number of anilines is 1. The quantitative estimate of drug-likeness (QED) is 0.828. The summed E-state index contributed by atoms with van der Waals surface area (Å²) in [6.07, 6.45) is 1.53. The predicted molar refractivity (Wildman–Crippen MR) is 79.4 cm³/mol. The Morgan fingerprint density at radius 2 is 1.89 bits per heavy atom. The molecule has 0 aromatic carbocycles. The van der Waals surface area contributed by atoms with Crippen molar-refractivity contribution in [2.24, 2.45) is 0 Å². The first-order chi connectivity index (χ1) is 8.67. The molecule has 0 N–H and O–H groups in total. The maximum absolute atomic E-state index is 11.9.